The van der Waals surface area contributed by atoms with E-state index < -0.39 is 0 Å². The number of benzene rings is 2. The van der Waals surface area contributed by atoms with Gasteiger partial charge in [-0.15, -0.1) is 35.3 Å². The minimum Gasteiger partial charge on any atom is -0.493 e. The highest BCUT2D eigenvalue weighted by molar-refractivity contribution is 14.0. The molecule has 0 atom stereocenters. The van der Waals surface area contributed by atoms with Gasteiger partial charge in [-0.3, -0.25) is 4.99 Å². The number of hydrogen-bond acceptors (Lipinski definition) is 5. The molecule has 6 nitrogen and oxygen atoms in total. The highest BCUT2D eigenvalue weighted by atomic mass is 127. The molecule has 0 bridgehead atoms. The van der Waals surface area contributed by atoms with Crippen LogP contribution in [-0.2, 0) is 11.3 Å². The molecule has 0 unspecified atom stereocenters. The Morgan fingerprint density at radius 1 is 1.10 bits per heavy atom. The number of hydrogen-bond donors (Lipinski definition) is 2. The quantitative estimate of drug-likeness (QED) is 0.173. The van der Waals surface area contributed by atoms with Crippen molar-refractivity contribution in [3.05, 3.63) is 65.7 Å². The fourth-order valence-corrected chi connectivity index (χ4v) is 3.47. The summed E-state index contributed by atoms with van der Waals surface area (Å²) in [6.45, 7) is 1.91. The Bertz CT molecular complexity index is 918. The standard InChI is InChI=1S/C22H26N4O2S.HI/c1-23-22(26-18-10-6-11-20(14-18)28-13-7-12-27-2)24-15-19-16-29-21(25-19)17-8-4-3-5-9-17;/h3-6,8-11,14,16H,7,12-13,15H2,1-2H3,(H2,23,24,26);1H. The summed E-state index contributed by atoms with van der Waals surface area (Å²) in [5.74, 6) is 1.49. The number of halogens is 1. The van der Waals surface area contributed by atoms with Crippen LogP contribution < -0.4 is 15.4 Å². The molecule has 2 N–H and O–H groups in total. The summed E-state index contributed by atoms with van der Waals surface area (Å²) in [4.78, 5) is 8.99. The lowest BCUT2D eigenvalue weighted by atomic mass is 10.2. The van der Waals surface area contributed by atoms with Crippen LogP contribution >= 0.6 is 35.3 Å². The van der Waals surface area contributed by atoms with E-state index in [9.17, 15) is 0 Å². The maximum absolute atomic E-state index is 5.75. The molecule has 0 fully saturated rings. The minimum absolute atomic E-state index is 0. The first-order valence-electron chi connectivity index (χ1n) is 9.48. The minimum atomic E-state index is 0. The third-order valence-corrected chi connectivity index (χ3v) is 5.03. The molecular formula is C22H27IN4O2S. The summed E-state index contributed by atoms with van der Waals surface area (Å²) < 4.78 is 10.8. The normalized spacial score (nSPS) is 10.9. The molecule has 3 rings (SSSR count). The Hall–Kier alpha value is -2.17. The molecule has 1 heterocycles. The van der Waals surface area contributed by atoms with E-state index in [0.717, 1.165) is 34.1 Å². The lowest BCUT2D eigenvalue weighted by Crippen LogP contribution is -2.30. The van der Waals surface area contributed by atoms with Crippen molar-refractivity contribution in [1.29, 1.82) is 0 Å². The molecule has 0 aliphatic heterocycles. The molecule has 0 saturated carbocycles. The second-order valence-electron chi connectivity index (χ2n) is 6.28. The molecule has 0 aliphatic carbocycles. The van der Waals surface area contributed by atoms with Gasteiger partial charge < -0.3 is 20.1 Å². The Labute approximate surface area is 198 Å². The number of aromatic nitrogens is 1. The highest BCUT2D eigenvalue weighted by Crippen LogP contribution is 2.23. The average Bonchev–Trinajstić information content (AvgIpc) is 3.24. The van der Waals surface area contributed by atoms with Crippen LogP contribution in [0.2, 0.25) is 0 Å². The van der Waals surface area contributed by atoms with E-state index in [0.29, 0.717) is 25.7 Å². The molecule has 0 spiro atoms. The molecule has 0 amide bonds. The van der Waals surface area contributed by atoms with E-state index in [2.05, 4.69) is 33.1 Å². The van der Waals surface area contributed by atoms with Crippen LogP contribution in [-0.4, -0.2) is 38.3 Å². The average molecular weight is 538 g/mol. The van der Waals surface area contributed by atoms with Crippen molar-refractivity contribution < 1.29 is 9.47 Å². The summed E-state index contributed by atoms with van der Waals surface area (Å²) in [7, 11) is 3.44. The number of nitrogens with one attached hydrogen (secondary N) is 2. The number of ether oxygens (including phenoxy) is 2. The lowest BCUT2D eigenvalue weighted by molar-refractivity contribution is 0.172. The molecule has 3 aromatic rings. The first-order chi connectivity index (χ1) is 14.3. The molecular weight excluding hydrogens is 511 g/mol. The molecule has 8 heteroatoms. The number of anilines is 1. The van der Waals surface area contributed by atoms with E-state index in [4.69, 9.17) is 14.5 Å². The van der Waals surface area contributed by atoms with Crippen molar-refractivity contribution >= 4 is 47.0 Å². The monoisotopic (exact) mass is 538 g/mol. The highest BCUT2D eigenvalue weighted by Gasteiger charge is 2.06. The Balaban J connectivity index is 0.00000320. The van der Waals surface area contributed by atoms with Crippen LogP contribution in [0.1, 0.15) is 12.1 Å². The van der Waals surface area contributed by atoms with Crippen LogP contribution in [0.4, 0.5) is 5.69 Å². The maximum Gasteiger partial charge on any atom is 0.195 e. The van der Waals surface area contributed by atoms with Gasteiger partial charge in [-0.25, -0.2) is 4.98 Å². The zero-order valence-electron chi connectivity index (χ0n) is 17.1. The lowest BCUT2D eigenvalue weighted by Gasteiger charge is -2.12. The molecule has 2 aromatic carbocycles. The second-order valence-corrected chi connectivity index (χ2v) is 7.14. The summed E-state index contributed by atoms with van der Waals surface area (Å²) >= 11 is 1.64. The van der Waals surface area contributed by atoms with Crippen LogP contribution in [0.25, 0.3) is 10.6 Å². The third-order valence-electron chi connectivity index (χ3n) is 4.09. The summed E-state index contributed by atoms with van der Waals surface area (Å²) in [5, 5.41) is 9.68. The Morgan fingerprint density at radius 3 is 2.70 bits per heavy atom. The van der Waals surface area contributed by atoms with E-state index in [1.807, 2.05) is 42.5 Å². The van der Waals surface area contributed by atoms with Crippen molar-refractivity contribution in [2.75, 3.05) is 32.7 Å². The summed E-state index contributed by atoms with van der Waals surface area (Å²) in [6.07, 6.45) is 0.857. The summed E-state index contributed by atoms with van der Waals surface area (Å²) in [6, 6.07) is 18.0. The first kappa shape index (κ1) is 24.1. The smallest absolute Gasteiger partial charge is 0.195 e. The van der Waals surface area contributed by atoms with E-state index in [-0.39, 0.29) is 24.0 Å². The van der Waals surface area contributed by atoms with Crippen LogP contribution in [0, 0.1) is 0 Å². The van der Waals surface area contributed by atoms with Gasteiger partial charge in [0.15, 0.2) is 5.96 Å². The largest absolute Gasteiger partial charge is 0.493 e. The third kappa shape index (κ3) is 7.58. The summed E-state index contributed by atoms with van der Waals surface area (Å²) in [5.41, 5.74) is 3.02. The number of nitrogens with zero attached hydrogens (tertiary/aromatic N) is 2. The molecule has 0 saturated heterocycles. The fourth-order valence-electron chi connectivity index (χ4n) is 2.65. The van der Waals surface area contributed by atoms with Gasteiger partial charge in [-0.2, -0.15) is 0 Å². The maximum atomic E-state index is 5.75. The molecule has 0 radical (unpaired) electrons. The second kappa shape index (κ2) is 13.2. The van der Waals surface area contributed by atoms with Crippen LogP contribution in [0.3, 0.4) is 0 Å². The first-order valence-corrected chi connectivity index (χ1v) is 10.4. The van der Waals surface area contributed by atoms with Crippen LogP contribution in [0.5, 0.6) is 5.75 Å². The number of methoxy groups -OCH3 is 1. The van der Waals surface area contributed by atoms with E-state index in [1.54, 1.807) is 25.5 Å². The van der Waals surface area contributed by atoms with Gasteiger partial charge in [0, 0.05) is 49.9 Å². The zero-order chi connectivity index (χ0) is 20.3. The SMILES string of the molecule is CN=C(NCc1csc(-c2ccccc2)n1)Nc1cccc(OCCCOC)c1.I. The van der Waals surface area contributed by atoms with Gasteiger partial charge in [0.05, 0.1) is 18.8 Å². The fraction of sp³-hybridized carbons (Fsp3) is 0.273. The number of aliphatic imine (C=N–C) groups is 1. The Kier molecular flexibility index (Phi) is 10.6. The molecule has 1 aromatic heterocycles. The van der Waals surface area contributed by atoms with Gasteiger partial charge in [-0.05, 0) is 12.1 Å². The van der Waals surface area contributed by atoms with Crippen molar-refractivity contribution in [1.82, 2.24) is 10.3 Å². The number of thiazole rings is 1. The van der Waals surface area contributed by atoms with Gasteiger partial charge in [0.25, 0.3) is 0 Å². The van der Waals surface area contributed by atoms with E-state index >= 15 is 0 Å². The predicted molar refractivity (Wildman–Crippen MR) is 135 cm³/mol. The Morgan fingerprint density at radius 2 is 1.93 bits per heavy atom. The molecule has 0 aliphatic rings. The van der Waals surface area contributed by atoms with Crippen molar-refractivity contribution in [3.8, 4) is 16.3 Å². The van der Waals surface area contributed by atoms with Gasteiger partial charge in [-0.1, -0.05) is 36.4 Å². The van der Waals surface area contributed by atoms with Gasteiger partial charge in [0.1, 0.15) is 10.8 Å². The number of guanidine groups is 1. The van der Waals surface area contributed by atoms with E-state index in [1.165, 1.54) is 0 Å². The van der Waals surface area contributed by atoms with Crippen molar-refractivity contribution in [3.63, 3.8) is 0 Å². The van der Waals surface area contributed by atoms with Crippen LogP contribution in [0.15, 0.2) is 65.0 Å². The van der Waals surface area contributed by atoms with Crippen molar-refractivity contribution in [2.45, 2.75) is 13.0 Å². The van der Waals surface area contributed by atoms with Gasteiger partial charge in [0.2, 0.25) is 0 Å². The van der Waals surface area contributed by atoms with Crippen molar-refractivity contribution in [2.24, 2.45) is 4.99 Å². The molecule has 30 heavy (non-hydrogen) atoms. The zero-order valence-corrected chi connectivity index (χ0v) is 20.3. The predicted octanol–water partition coefficient (Wildman–Crippen LogP) is 5.03. The van der Waals surface area contributed by atoms with Gasteiger partial charge >= 0.3 is 0 Å². The molecule has 160 valence electrons. The number of rotatable bonds is 9. The topological polar surface area (TPSA) is 67.8 Å².